The molecule has 1 N–H and O–H groups in total. The Kier molecular flexibility index (Phi) is 6.98. The summed E-state index contributed by atoms with van der Waals surface area (Å²) in [5, 5.41) is 3.00. The van der Waals surface area contributed by atoms with Crippen LogP contribution in [0, 0.1) is 0 Å². The van der Waals surface area contributed by atoms with Gasteiger partial charge in [-0.1, -0.05) is 42.5 Å². The van der Waals surface area contributed by atoms with Gasteiger partial charge in [0.05, 0.1) is 10.6 Å². The van der Waals surface area contributed by atoms with Crippen LogP contribution in [-0.2, 0) is 16.4 Å². The van der Waals surface area contributed by atoms with Crippen molar-refractivity contribution in [2.75, 3.05) is 44.6 Å². The molecule has 0 aromatic heterocycles. The van der Waals surface area contributed by atoms with E-state index in [1.807, 2.05) is 18.2 Å². The Morgan fingerprint density at radius 1 is 0.893 bits per heavy atom. The number of rotatable bonds is 8. The maximum atomic E-state index is 12.9. The predicted molar refractivity (Wildman–Crippen MR) is 106 cm³/mol. The molecule has 28 heavy (non-hydrogen) atoms. The predicted octanol–water partition coefficient (Wildman–Crippen LogP) is 2.91. The van der Waals surface area contributed by atoms with Crippen molar-refractivity contribution in [1.29, 1.82) is 0 Å². The summed E-state index contributed by atoms with van der Waals surface area (Å²) in [6.45, 7) is 5.93. The minimum Gasteiger partial charge on any atom is -0.383 e. The molecule has 0 radical (unpaired) electrons. The second-order valence-electron chi connectivity index (χ2n) is 6.83. The molecule has 0 amide bonds. The van der Waals surface area contributed by atoms with Gasteiger partial charge in [-0.3, -0.25) is 9.80 Å². The summed E-state index contributed by atoms with van der Waals surface area (Å²) in [6.07, 6.45) is 0. The number of nitrogens with zero attached hydrogens (tertiary/aromatic N) is 2. The quantitative estimate of drug-likeness (QED) is 0.727. The normalized spacial score (nSPS) is 16.4. The highest BCUT2D eigenvalue weighted by Gasteiger charge is 2.29. The molecular weight excluding hydrogens is 384 g/mol. The van der Waals surface area contributed by atoms with Crippen LogP contribution in [0.2, 0.25) is 0 Å². The number of benzene rings is 2. The van der Waals surface area contributed by atoms with Crippen LogP contribution in [0.1, 0.15) is 5.56 Å². The Bertz CT molecular complexity index is 855. The zero-order valence-electron chi connectivity index (χ0n) is 15.6. The van der Waals surface area contributed by atoms with Gasteiger partial charge in [-0.05, 0) is 17.7 Å². The number of sulfone groups is 1. The number of nitrogens with one attached hydrogen (secondary N) is 1. The minimum absolute atomic E-state index is 0.227. The van der Waals surface area contributed by atoms with Crippen LogP contribution >= 0.6 is 0 Å². The van der Waals surface area contributed by atoms with E-state index >= 15 is 0 Å². The van der Waals surface area contributed by atoms with Gasteiger partial charge in [-0.2, -0.15) is 8.78 Å². The Morgan fingerprint density at radius 3 is 2.18 bits per heavy atom. The van der Waals surface area contributed by atoms with Gasteiger partial charge < -0.3 is 5.32 Å². The highest BCUT2D eigenvalue weighted by Crippen LogP contribution is 2.25. The van der Waals surface area contributed by atoms with Crippen molar-refractivity contribution in [2.45, 2.75) is 17.2 Å². The molecule has 3 rings (SSSR count). The molecule has 2 aromatic rings. The van der Waals surface area contributed by atoms with Crippen molar-refractivity contribution in [3.8, 4) is 0 Å². The van der Waals surface area contributed by atoms with Gasteiger partial charge in [0.25, 0.3) is 0 Å². The van der Waals surface area contributed by atoms with Crippen molar-refractivity contribution in [2.24, 2.45) is 0 Å². The van der Waals surface area contributed by atoms with Crippen LogP contribution in [0.3, 0.4) is 0 Å². The number of alkyl halides is 2. The third-order valence-corrected chi connectivity index (χ3v) is 6.32. The van der Waals surface area contributed by atoms with Gasteiger partial charge in [0.1, 0.15) is 0 Å². The summed E-state index contributed by atoms with van der Waals surface area (Å²) in [5.74, 6) is -3.42. The average molecular weight is 410 g/mol. The summed E-state index contributed by atoms with van der Waals surface area (Å²) >= 11 is 0. The van der Waals surface area contributed by atoms with Gasteiger partial charge in [0.2, 0.25) is 9.84 Å². The standard InChI is InChI=1S/C20H25F2N3O2S/c21-20(22)28(26,27)19-9-5-4-8-18(19)23-10-11-24-12-14-25(15-13-24)16-17-6-2-1-3-7-17/h1-9,20,23H,10-16H2. The highest BCUT2D eigenvalue weighted by atomic mass is 32.2. The number of anilines is 1. The fourth-order valence-corrected chi connectivity index (χ4v) is 4.23. The third-order valence-electron chi connectivity index (χ3n) is 4.89. The molecule has 0 spiro atoms. The molecule has 1 saturated heterocycles. The SMILES string of the molecule is O=S(=O)(c1ccccc1NCCN1CCN(Cc2ccccc2)CC1)C(F)F. The van der Waals surface area contributed by atoms with E-state index in [1.165, 1.54) is 23.8 Å². The first-order valence-corrected chi connectivity index (χ1v) is 10.8. The van der Waals surface area contributed by atoms with Crippen LogP contribution in [0.4, 0.5) is 14.5 Å². The molecule has 8 heteroatoms. The lowest BCUT2D eigenvalue weighted by atomic mass is 10.2. The third kappa shape index (κ3) is 5.27. The highest BCUT2D eigenvalue weighted by molar-refractivity contribution is 7.91. The number of halogens is 2. The molecule has 5 nitrogen and oxygen atoms in total. The van der Waals surface area contributed by atoms with E-state index in [4.69, 9.17) is 0 Å². The zero-order chi connectivity index (χ0) is 20.0. The van der Waals surface area contributed by atoms with Crippen molar-refractivity contribution in [3.05, 3.63) is 60.2 Å². The Morgan fingerprint density at radius 2 is 1.50 bits per heavy atom. The largest absolute Gasteiger partial charge is 0.383 e. The van der Waals surface area contributed by atoms with Crippen LogP contribution in [0.25, 0.3) is 0 Å². The zero-order valence-corrected chi connectivity index (χ0v) is 16.4. The molecule has 1 aliphatic heterocycles. The van der Waals surface area contributed by atoms with Gasteiger partial charge in [-0.25, -0.2) is 8.42 Å². The van der Waals surface area contributed by atoms with Crippen LogP contribution in [-0.4, -0.2) is 63.2 Å². The first-order valence-electron chi connectivity index (χ1n) is 9.30. The molecule has 0 atom stereocenters. The lowest BCUT2D eigenvalue weighted by Crippen LogP contribution is -2.47. The molecule has 0 unspecified atom stereocenters. The van der Waals surface area contributed by atoms with Crippen LogP contribution in [0.5, 0.6) is 0 Å². The second kappa shape index (κ2) is 9.45. The second-order valence-corrected chi connectivity index (χ2v) is 8.72. The molecular formula is C20H25F2N3O2S. The van der Waals surface area contributed by atoms with Crippen LogP contribution < -0.4 is 5.32 Å². The van der Waals surface area contributed by atoms with Gasteiger partial charge in [0, 0.05) is 45.8 Å². The number of piperazine rings is 1. The summed E-state index contributed by atoms with van der Waals surface area (Å²) in [6, 6.07) is 16.2. The molecule has 1 aliphatic rings. The van der Waals surface area contributed by atoms with E-state index in [1.54, 1.807) is 6.07 Å². The van der Waals surface area contributed by atoms with E-state index in [-0.39, 0.29) is 10.6 Å². The molecule has 0 bridgehead atoms. The first-order chi connectivity index (χ1) is 13.5. The number of hydrogen-bond donors (Lipinski definition) is 1. The molecule has 0 saturated carbocycles. The number of hydrogen-bond acceptors (Lipinski definition) is 5. The average Bonchev–Trinajstić information content (AvgIpc) is 2.70. The van der Waals surface area contributed by atoms with E-state index in [9.17, 15) is 17.2 Å². The topological polar surface area (TPSA) is 52.7 Å². The summed E-state index contributed by atoms with van der Waals surface area (Å²) in [4.78, 5) is 4.35. The minimum atomic E-state index is -4.62. The Balaban J connectivity index is 1.47. The lowest BCUT2D eigenvalue weighted by Gasteiger charge is -2.34. The Hall–Kier alpha value is -2.03. The van der Waals surface area contributed by atoms with E-state index in [2.05, 4.69) is 27.2 Å². The smallest absolute Gasteiger partial charge is 0.341 e. The van der Waals surface area contributed by atoms with Gasteiger partial charge >= 0.3 is 5.76 Å². The fourth-order valence-electron chi connectivity index (χ4n) is 3.32. The molecule has 2 aromatic carbocycles. The van der Waals surface area contributed by atoms with Crippen LogP contribution in [0.15, 0.2) is 59.5 Å². The maximum absolute atomic E-state index is 12.9. The van der Waals surface area contributed by atoms with Gasteiger partial charge in [-0.15, -0.1) is 0 Å². The van der Waals surface area contributed by atoms with E-state index < -0.39 is 15.6 Å². The monoisotopic (exact) mass is 409 g/mol. The maximum Gasteiger partial charge on any atom is 0.341 e. The van der Waals surface area contributed by atoms with Crippen molar-refractivity contribution < 1.29 is 17.2 Å². The molecule has 0 aliphatic carbocycles. The number of para-hydroxylation sites is 1. The van der Waals surface area contributed by atoms with Crippen molar-refractivity contribution in [3.63, 3.8) is 0 Å². The summed E-state index contributed by atoms with van der Waals surface area (Å²) < 4.78 is 49.3. The summed E-state index contributed by atoms with van der Waals surface area (Å²) in [7, 11) is -4.62. The van der Waals surface area contributed by atoms with E-state index in [0.29, 0.717) is 6.54 Å². The van der Waals surface area contributed by atoms with Crippen molar-refractivity contribution >= 4 is 15.5 Å². The van der Waals surface area contributed by atoms with E-state index in [0.717, 1.165) is 39.3 Å². The molecule has 1 fully saturated rings. The Labute approximate surface area is 164 Å². The first kappa shape index (κ1) is 20.7. The van der Waals surface area contributed by atoms with Gasteiger partial charge in [0.15, 0.2) is 0 Å². The molecule has 152 valence electrons. The summed E-state index contributed by atoms with van der Waals surface area (Å²) in [5.41, 5.74) is 1.53. The lowest BCUT2D eigenvalue weighted by molar-refractivity contribution is 0.130. The molecule has 1 heterocycles. The fraction of sp³-hybridized carbons (Fsp3) is 0.400. The van der Waals surface area contributed by atoms with Crippen molar-refractivity contribution in [1.82, 2.24) is 9.80 Å².